The molecule has 0 aromatic heterocycles. The van der Waals surface area contributed by atoms with Gasteiger partial charge in [0.1, 0.15) is 6.10 Å². The van der Waals surface area contributed by atoms with Gasteiger partial charge < -0.3 is 4.74 Å². The standard InChI is InChI=1S/C5H8O2/c1-2-4(6)5-3-7-5/h5H,2-3H2,1H3/t5-/m0/s1. The van der Waals surface area contributed by atoms with Gasteiger partial charge in [-0.2, -0.15) is 0 Å². The summed E-state index contributed by atoms with van der Waals surface area (Å²) in [5, 5.41) is 0. The molecule has 7 heavy (non-hydrogen) atoms. The van der Waals surface area contributed by atoms with E-state index in [0.717, 1.165) is 0 Å². The lowest BCUT2D eigenvalue weighted by atomic mass is 10.2. The quantitative estimate of drug-likeness (QED) is 0.469. The van der Waals surface area contributed by atoms with Crippen LogP contribution in [0.25, 0.3) is 0 Å². The monoisotopic (exact) mass is 100 g/mol. The summed E-state index contributed by atoms with van der Waals surface area (Å²) in [7, 11) is 0. The fraction of sp³-hybridized carbons (Fsp3) is 0.800. The number of ether oxygens (including phenoxy) is 1. The summed E-state index contributed by atoms with van der Waals surface area (Å²) < 4.78 is 4.71. The Labute approximate surface area is 42.5 Å². The highest BCUT2D eigenvalue weighted by Gasteiger charge is 2.28. The van der Waals surface area contributed by atoms with Gasteiger partial charge in [-0.25, -0.2) is 0 Å². The molecule has 0 radical (unpaired) electrons. The van der Waals surface area contributed by atoms with Crippen LogP contribution in [0.1, 0.15) is 13.3 Å². The average molecular weight is 100 g/mol. The van der Waals surface area contributed by atoms with E-state index in [4.69, 9.17) is 4.74 Å². The van der Waals surface area contributed by atoms with Gasteiger partial charge in [0, 0.05) is 6.42 Å². The van der Waals surface area contributed by atoms with Crippen molar-refractivity contribution in [1.29, 1.82) is 0 Å². The van der Waals surface area contributed by atoms with Crippen molar-refractivity contribution in [3.8, 4) is 0 Å². The van der Waals surface area contributed by atoms with Crippen LogP contribution in [-0.2, 0) is 9.53 Å². The molecule has 2 heteroatoms. The number of carbonyl (C=O) groups is 1. The third kappa shape index (κ3) is 0.996. The molecule has 1 fully saturated rings. The summed E-state index contributed by atoms with van der Waals surface area (Å²) in [4.78, 5) is 10.4. The molecule has 0 aromatic rings. The molecule has 0 bridgehead atoms. The van der Waals surface area contributed by atoms with E-state index in [0.29, 0.717) is 13.0 Å². The molecule has 0 saturated carbocycles. The number of rotatable bonds is 2. The lowest BCUT2D eigenvalue weighted by Crippen LogP contribution is -2.02. The van der Waals surface area contributed by atoms with Crippen LogP contribution in [0.3, 0.4) is 0 Å². The second-order valence-corrected chi connectivity index (χ2v) is 1.64. The molecule has 1 aliphatic heterocycles. The maximum absolute atomic E-state index is 10.4. The SMILES string of the molecule is CCC(=O)[C@@H]1CO1. The summed E-state index contributed by atoms with van der Waals surface area (Å²) in [6.07, 6.45) is 0.593. The van der Waals surface area contributed by atoms with Crippen molar-refractivity contribution in [2.24, 2.45) is 0 Å². The number of epoxide rings is 1. The maximum atomic E-state index is 10.4. The lowest BCUT2D eigenvalue weighted by molar-refractivity contribution is -0.119. The van der Waals surface area contributed by atoms with Gasteiger partial charge in [-0.05, 0) is 0 Å². The zero-order valence-corrected chi connectivity index (χ0v) is 4.31. The Morgan fingerprint density at radius 1 is 2.00 bits per heavy atom. The van der Waals surface area contributed by atoms with Crippen LogP contribution in [0.15, 0.2) is 0 Å². The first-order valence-electron chi connectivity index (χ1n) is 2.49. The van der Waals surface area contributed by atoms with Crippen LogP contribution in [0.4, 0.5) is 0 Å². The smallest absolute Gasteiger partial charge is 0.163 e. The second-order valence-electron chi connectivity index (χ2n) is 1.64. The Morgan fingerprint density at radius 3 is 2.71 bits per heavy atom. The minimum absolute atomic E-state index is 0.0231. The van der Waals surface area contributed by atoms with Crippen LogP contribution < -0.4 is 0 Å². The van der Waals surface area contributed by atoms with Gasteiger partial charge in [-0.3, -0.25) is 4.79 Å². The molecule has 0 N–H and O–H groups in total. The first-order valence-corrected chi connectivity index (χ1v) is 2.49. The fourth-order valence-corrected chi connectivity index (χ4v) is 0.462. The molecule has 1 aliphatic rings. The van der Waals surface area contributed by atoms with Crippen LogP contribution >= 0.6 is 0 Å². The topological polar surface area (TPSA) is 29.6 Å². The third-order valence-corrected chi connectivity index (χ3v) is 1.04. The molecular formula is C5H8O2. The van der Waals surface area contributed by atoms with Gasteiger partial charge in [0.25, 0.3) is 0 Å². The first kappa shape index (κ1) is 4.78. The Morgan fingerprint density at radius 2 is 2.57 bits per heavy atom. The molecule has 0 amide bonds. The molecule has 0 aromatic carbocycles. The highest BCUT2D eigenvalue weighted by molar-refractivity contribution is 5.84. The summed E-state index contributed by atoms with van der Waals surface area (Å²) in [6, 6.07) is 0. The minimum Gasteiger partial charge on any atom is -0.365 e. The van der Waals surface area contributed by atoms with Crippen LogP contribution in [0.5, 0.6) is 0 Å². The van der Waals surface area contributed by atoms with E-state index in [9.17, 15) is 4.79 Å². The first-order chi connectivity index (χ1) is 3.34. The van der Waals surface area contributed by atoms with E-state index in [2.05, 4.69) is 0 Å². The van der Waals surface area contributed by atoms with Gasteiger partial charge in [-0.15, -0.1) is 0 Å². The van der Waals surface area contributed by atoms with Gasteiger partial charge in [0.2, 0.25) is 0 Å². The van der Waals surface area contributed by atoms with Crippen molar-refractivity contribution in [1.82, 2.24) is 0 Å². The third-order valence-electron chi connectivity index (χ3n) is 1.04. The second kappa shape index (κ2) is 1.62. The van der Waals surface area contributed by atoms with E-state index in [1.807, 2.05) is 6.92 Å². The number of Topliss-reactive ketones (excluding diaryl/α,β-unsaturated/α-hetero) is 1. The molecule has 2 nitrogen and oxygen atoms in total. The molecule has 40 valence electrons. The maximum Gasteiger partial charge on any atom is 0.163 e. The summed E-state index contributed by atoms with van der Waals surface area (Å²) >= 11 is 0. The van der Waals surface area contributed by atoms with E-state index >= 15 is 0 Å². The summed E-state index contributed by atoms with van der Waals surface area (Å²) in [5.41, 5.74) is 0. The Balaban J connectivity index is 2.24. The van der Waals surface area contributed by atoms with Crippen molar-refractivity contribution in [3.05, 3.63) is 0 Å². The number of hydrogen-bond acceptors (Lipinski definition) is 2. The Bertz CT molecular complexity index is 84.1. The highest BCUT2D eigenvalue weighted by Crippen LogP contribution is 2.10. The van der Waals surface area contributed by atoms with E-state index in [1.165, 1.54) is 0 Å². The molecular weight excluding hydrogens is 92.1 g/mol. The largest absolute Gasteiger partial charge is 0.365 e. The fourth-order valence-electron chi connectivity index (χ4n) is 0.462. The normalized spacial score (nSPS) is 27.3. The van der Waals surface area contributed by atoms with Crippen LogP contribution in [0, 0.1) is 0 Å². The van der Waals surface area contributed by atoms with Crippen molar-refractivity contribution in [3.63, 3.8) is 0 Å². The predicted octanol–water partition coefficient (Wildman–Crippen LogP) is 0.364. The van der Waals surface area contributed by atoms with Crippen molar-refractivity contribution < 1.29 is 9.53 Å². The van der Waals surface area contributed by atoms with Gasteiger partial charge in [0.15, 0.2) is 5.78 Å². The van der Waals surface area contributed by atoms with E-state index < -0.39 is 0 Å². The predicted molar refractivity (Wildman–Crippen MR) is 25.0 cm³/mol. The summed E-state index contributed by atoms with van der Waals surface area (Å²) in [5.74, 6) is 0.236. The number of hydrogen-bond donors (Lipinski definition) is 0. The van der Waals surface area contributed by atoms with Gasteiger partial charge in [0.05, 0.1) is 6.61 Å². The van der Waals surface area contributed by atoms with E-state index in [1.54, 1.807) is 0 Å². The Kier molecular flexibility index (Phi) is 1.11. The van der Waals surface area contributed by atoms with Crippen LogP contribution in [0.2, 0.25) is 0 Å². The van der Waals surface area contributed by atoms with Crippen molar-refractivity contribution in [2.45, 2.75) is 19.4 Å². The average Bonchev–Trinajstić information content (AvgIpc) is 2.44. The zero-order chi connectivity index (χ0) is 5.28. The molecule has 0 spiro atoms. The molecule has 1 saturated heterocycles. The van der Waals surface area contributed by atoms with Crippen LogP contribution in [-0.4, -0.2) is 18.5 Å². The van der Waals surface area contributed by atoms with Gasteiger partial charge >= 0.3 is 0 Å². The van der Waals surface area contributed by atoms with Crippen molar-refractivity contribution in [2.75, 3.05) is 6.61 Å². The van der Waals surface area contributed by atoms with E-state index in [-0.39, 0.29) is 11.9 Å². The molecule has 0 aliphatic carbocycles. The summed E-state index contributed by atoms with van der Waals surface area (Å²) in [6.45, 7) is 2.51. The molecule has 1 atom stereocenters. The molecule has 0 unspecified atom stereocenters. The minimum atomic E-state index is -0.0231. The van der Waals surface area contributed by atoms with Crippen molar-refractivity contribution >= 4 is 5.78 Å². The number of ketones is 1. The lowest BCUT2D eigenvalue weighted by Gasteiger charge is -1.81. The number of carbonyl (C=O) groups excluding carboxylic acids is 1. The van der Waals surface area contributed by atoms with Gasteiger partial charge in [-0.1, -0.05) is 6.92 Å². The Hall–Kier alpha value is -0.370. The highest BCUT2D eigenvalue weighted by atomic mass is 16.6. The molecule has 1 heterocycles. The zero-order valence-electron chi connectivity index (χ0n) is 4.31. The molecule has 1 rings (SSSR count).